The van der Waals surface area contributed by atoms with Gasteiger partial charge in [0.15, 0.2) is 5.78 Å². The number of ketones is 1. The molecule has 0 saturated carbocycles. The summed E-state index contributed by atoms with van der Waals surface area (Å²) in [4.78, 5) is 17.9. The lowest BCUT2D eigenvalue weighted by atomic mass is 10.1. The van der Waals surface area contributed by atoms with Crippen molar-refractivity contribution < 1.29 is 9.18 Å². The van der Waals surface area contributed by atoms with Gasteiger partial charge in [0, 0.05) is 25.4 Å². The van der Waals surface area contributed by atoms with Crippen LogP contribution in [0.1, 0.15) is 11.1 Å². The van der Waals surface area contributed by atoms with Gasteiger partial charge in [-0.2, -0.15) is 0 Å². The van der Waals surface area contributed by atoms with Gasteiger partial charge >= 0.3 is 0 Å². The van der Waals surface area contributed by atoms with Crippen molar-refractivity contribution in [1.82, 2.24) is 9.88 Å². The van der Waals surface area contributed by atoms with E-state index in [2.05, 4.69) is 4.98 Å². The SMILES string of the molecule is CN(CC(=O)Cc1ccc(F)cc1)Cc1cccnc1. The van der Waals surface area contributed by atoms with Gasteiger partial charge in [-0.15, -0.1) is 0 Å². The Balaban J connectivity index is 1.83. The predicted molar refractivity (Wildman–Crippen MR) is 75.7 cm³/mol. The van der Waals surface area contributed by atoms with Crippen LogP contribution >= 0.6 is 0 Å². The highest BCUT2D eigenvalue weighted by Gasteiger charge is 2.08. The van der Waals surface area contributed by atoms with Crippen molar-refractivity contribution in [2.75, 3.05) is 13.6 Å². The molecule has 4 heteroatoms. The maximum Gasteiger partial charge on any atom is 0.151 e. The molecule has 0 N–H and O–H groups in total. The van der Waals surface area contributed by atoms with Crippen molar-refractivity contribution in [2.45, 2.75) is 13.0 Å². The molecule has 0 radical (unpaired) electrons. The molecular weight excluding hydrogens is 255 g/mol. The summed E-state index contributed by atoms with van der Waals surface area (Å²) >= 11 is 0. The molecule has 1 aromatic heterocycles. The first-order valence-electron chi connectivity index (χ1n) is 6.47. The Hall–Kier alpha value is -2.07. The second kappa shape index (κ2) is 6.91. The lowest BCUT2D eigenvalue weighted by Gasteiger charge is -2.15. The maximum atomic E-state index is 12.8. The number of nitrogens with zero attached hydrogens (tertiary/aromatic N) is 2. The Morgan fingerprint density at radius 1 is 1.20 bits per heavy atom. The molecule has 0 unspecified atom stereocenters. The largest absolute Gasteiger partial charge is 0.298 e. The highest BCUT2D eigenvalue weighted by Crippen LogP contribution is 2.05. The van der Waals surface area contributed by atoms with Crippen molar-refractivity contribution in [1.29, 1.82) is 0 Å². The summed E-state index contributed by atoms with van der Waals surface area (Å²) in [6.07, 6.45) is 3.85. The van der Waals surface area contributed by atoms with Crippen molar-refractivity contribution in [2.24, 2.45) is 0 Å². The lowest BCUT2D eigenvalue weighted by Crippen LogP contribution is -2.26. The minimum Gasteiger partial charge on any atom is -0.298 e. The quantitative estimate of drug-likeness (QED) is 0.810. The number of carbonyl (C=O) groups is 1. The molecular formula is C16H17FN2O. The first-order valence-corrected chi connectivity index (χ1v) is 6.47. The molecule has 0 amide bonds. The Bertz CT molecular complexity index is 554. The predicted octanol–water partition coefficient (Wildman–Crippen LogP) is 2.46. The van der Waals surface area contributed by atoms with Crippen LogP contribution in [0.3, 0.4) is 0 Å². The Kier molecular flexibility index (Phi) is 4.96. The van der Waals surface area contributed by atoms with Gasteiger partial charge in [-0.05, 0) is 36.4 Å². The number of pyridine rings is 1. The second-order valence-electron chi connectivity index (χ2n) is 4.88. The summed E-state index contributed by atoms with van der Waals surface area (Å²) < 4.78 is 12.8. The second-order valence-corrected chi connectivity index (χ2v) is 4.88. The smallest absolute Gasteiger partial charge is 0.151 e. The summed E-state index contributed by atoms with van der Waals surface area (Å²) in [6, 6.07) is 9.91. The normalized spacial score (nSPS) is 10.8. The average Bonchev–Trinajstić information content (AvgIpc) is 2.42. The van der Waals surface area contributed by atoms with Gasteiger partial charge in [0.1, 0.15) is 5.82 Å². The van der Waals surface area contributed by atoms with E-state index in [1.54, 1.807) is 24.5 Å². The summed E-state index contributed by atoms with van der Waals surface area (Å²) in [5.74, 6) is -0.169. The van der Waals surface area contributed by atoms with Crippen LogP contribution in [0.15, 0.2) is 48.8 Å². The Morgan fingerprint density at radius 3 is 2.60 bits per heavy atom. The minimum absolute atomic E-state index is 0.114. The van der Waals surface area contributed by atoms with Gasteiger partial charge in [-0.3, -0.25) is 14.7 Å². The zero-order valence-electron chi connectivity index (χ0n) is 11.4. The van der Waals surface area contributed by atoms with Gasteiger partial charge in [-0.25, -0.2) is 4.39 Å². The van der Waals surface area contributed by atoms with E-state index in [-0.39, 0.29) is 11.6 Å². The summed E-state index contributed by atoms with van der Waals surface area (Å²) in [5.41, 5.74) is 1.91. The van der Waals surface area contributed by atoms with E-state index >= 15 is 0 Å². The van der Waals surface area contributed by atoms with Gasteiger partial charge in [-0.1, -0.05) is 18.2 Å². The van der Waals surface area contributed by atoms with Crippen molar-refractivity contribution in [3.8, 4) is 0 Å². The molecule has 0 atom stereocenters. The number of aromatic nitrogens is 1. The van der Waals surface area contributed by atoms with Gasteiger partial charge in [0.05, 0.1) is 6.54 Å². The van der Waals surface area contributed by atoms with E-state index in [0.29, 0.717) is 19.5 Å². The van der Waals surface area contributed by atoms with Crippen molar-refractivity contribution in [3.05, 3.63) is 65.7 Å². The molecule has 20 heavy (non-hydrogen) atoms. The summed E-state index contributed by atoms with van der Waals surface area (Å²) in [5, 5.41) is 0. The van der Waals surface area contributed by atoms with Crippen LogP contribution in [0.2, 0.25) is 0 Å². The van der Waals surface area contributed by atoms with Crippen LogP contribution in [0.4, 0.5) is 4.39 Å². The minimum atomic E-state index is -0.283. The number of hydrogen-bond donors (Lipinski definition) is 0. The average molecular weight is 272 g/mol. The van der Waals surface area contributed by atoms with Crippen LogP contribution in [0.5, 0.6) is 0 Å². The fourth-order valence-electron chi connectivity index (χ4n) is 2.05. The zero-order chi connectivity index (χ0) is 14.4. The highest BCUT2D eigenvalue weighted by molar-refractivity contribution is 5.82. The molecule has 2 aromatic rings. The number of benzene rings is 1. The van der Waals surface area contributed by atoms with E-state index in [1.807, 2.05) is 24.1 Å². The zero-order valence-corrected chi connectivity index (χ0v) is 11.4. The highest BCUT2D eigenvalue weighted by atomic mass is 19.1. The van der Waals surface area contributed by atoms with Crippen LogP contribution in [0, 0.1) is 5.82 Å². The summed E-state index contributed by atoms with van der Waals surface area (Å²) in [7, 11) is 1.90. The fourth-order valence-corrected chi connectivity index (χ4v) is 2.05. The van der Waals surface area contributed by atoms with E-state index in [9.17, 15) is 9.18 Å². The van der Waals surface area contributed by atoms with Gasteiger partial charge in [0.25, 0.3) is 0 Å². The maximum absolute atomic E-state index is 12.8. The number of halogens is 1. The molecule has 3 nitrogen and oxygen atoms in total. The Labute approximate surface area is 118 Å². The molecule has 0 saturated heterocycles. The van der Waals surface area contributed by atoms with Crippen LogP contribution < -0.4 is 0 Å². The third kappa shape index (κ3) is 4.55. The van der Waals surface area contributed by atoms with Gasteiger partial charge < -0.3 is 0 Å². The monoisotopic (exact) mass is 272 g/mol. The molecule has 0 spiro atoms. The third-order valence-electron chi connectivity index (χ3n) is 2.94. The number of likely N-dealkylation sites (N-methyl/N-ethyl adjacent to an activating group) is 1. The molecule has 1 aromatic carbocycles. The molecule has 0 aliphatic heterocycles. The number of rotatable bonds is 6. The molecule has 1 heterocycles. The lowest BCUT2D eigenvalue weighted by molar-refractivity contribution is -0.119. The van der Waals surface area contributed by atoms with Gasteiger partial charge in [0.2, 0.25) is 0 Å². The molecule has 0 aliphatic carbocycles. The third-order valence-corrected chi connectivity index (χ3v) is 2.94. The van der Waals surface area contributed by atoms with Crippen LogP contribution in [-0.4, -0.2) is 29.3 Å². The van der Waals surface area contributed by atoms with E-state index in [0.717, 1.165) is 11.1 Å². The number of hydrogen-bond acceptors (Lipinski definition) is 3. The molecule has 104 valence electrons. The molecule has 2 rings (SSSR count). The number of Topliss-reactive ketones (excluding diaryl/α,β-unsaturated/α-hetero) is 1. The fraction of sp³-hybridized carbons (Fsp3) is 0.250. The molecule has 0 bridgehead atoms. The first kappa shape index (κ1) is 14.3. The van der Waals surface area contributed by atoms with E-state index < -0.39 is 0 Å². The van der Waals surface area contributed by atoms with Crippen LogP contribution in [-0.2, 0) is 17.8 Å². The summed E-state index contributed by atoms with van der Waals surface area (Å²) in [6.45, 7) is 1.05. The standard InChI is InChI=1S/C16H17FN2O/c1-19(11-14-3-2-8-18-10-14)12-16(20)9-13-4-6-15(17)7-5-13/h2-8,10H,9,11-12H2,1H3. The van der Waals surface area contributed by atoms with E-state index in [1.165, 1.54) is 12.1 Å². The van der Waals surface area contributed by atoms with Crippen LogP contribution in [0.25, 0.3) is 0 Å². The topological polar surface area (TPSA) is 33.2 Å². The number of carbonyl (C=O) groups excluding carboxylic acids is 1. The molecule has 0 fully saturated rings. The first-order chi connectivity index (χ1) is 9.63. The van der Waals surface area contributed by atoms with Crippen molar-refractivity contribution >= 4 is 5.78 Å². The van der Waals surface area contributed by atoms with Crippen molar-refractivity contribution in [3.63, 3.8) is 0 Å². The molecule has 0 aliphatic rings. The van der Waals surface area contributed by atoms with E-state index in [4.69, 9.17) is 0 Å². The Morgan fingerprint density at radius 2 is 1.95 bits per heavy atom.